The van der Waals surface area contributed by atoms with Crippen molar-refractivity contribution in [1.29, 1.82) is 0 Å². The lowest BCUT2D eigenvalue weighted by atomic mass is 9.91. The molecule has 1 aliphatic heterocycles. The van der Waals surface area contributed by atoms with E-state index in [1.54, 1.807) is 0 Å². The van der Waals surface area contributed by atoms with Gasteiger partial charge in [0.15, 0.2) is 18.3 Å². The van der Waals surface area contributed by atoms with Gasteiger partial charge in [-0.2, -0.15) is 0 Å². The molecule has 1 aliphatic rings. The molecule has 3 amide bonds. The zero-order valence-corrected chi connectivity index (χ0v) is 23.6. The van der Waals surface area contributed by atoms with E-state index in [1.165, 1.54) is 24.8 Å². The smallest absolute Gasteiger partial charge is 0.373 e. The molecule has 15 heteroatoms. The monoisotopic (exact) mass is 571 g/mol. The number of hydrogen-bond donors (Lipinski definition) is 2. The average Bonchev–Trinajstić information content (AvgIpc) is 2.84. The zero-order valence-electron chi connectivity index (χ0n) is 23.6. The van der Waals surface area contributed by atoms with Crippen LogP contribution in [0.25, 0.3) is 0 Å². The van der Waals surface area contributed by atoms with Crippen LogP contribution in [0.5, 0.6) is 0 Å². The molecule has 0 aromatic heterocycles. The number of hydrogen-bond acceptors (Lipinski definition) is 12. The van der Waals surface area contributed by atoms with Gasteiger partial charge in [0.05, 0.1) is 25.7 Å². The van der Waals surface area contributed by atoms with Crippen LogP contribution in [-0.4, -0.2) is 104 Å². The Kier molecular flexibility index (Phi) is 13.6. The largest absolute Gasteiger partial charge is 0.477 e. The molecular formula is C25H37N3O12. The van der Waals surface area contributed by atoms with E-state index < -0.39 is 78.5 Å². The molecule has 15 nitrogen and oxygen atoms in total. The van der Waals surface area contributed by atoms with Gasteiger partial charge in [-0.05, 0) is 12.5 Å². The number of esters is 4. The summed E-state index contributed by atoms with van der Waals surface area (Å²) in [6.07, 6.45) is -2.69. The van der Waals surface area contributed by atoms with Crippen molar-refractivity contribution in [1.82, 2.24) is 15.5 Å². The summed E-state index contributed by atoms with van der Waals surface area (Å²) in [4.78, 5) is 86.4. The van der Waals surface area contributed by atoms with Crippen molar-refractivity contribution in [3.05, 3.63) is 11.8 Å². The van der Waals surface area contributed by atoms with Crippen LogP contribution in [0.4, 0.5) is 0 Å². The Morgan fingerprint density at radius 1 is 0.950 bits per heavy atom. The Morgan fingerprint density at radius 3 is 2.05 bits per heavy atom. The minimum atomic E-state index is -1.56. The fraction of sp³-hybridized carbons (Fsp3) is 0.640. The van der Waals surface area contributed by atoms with Gasteiger partial charge in [-0.1, -0.05) is 6.92 Å². The fourth-order valence-corrected chi connectivity index (χ4v) is 3.93. The highest BCUT2D eigenvalue weighted by atomic mass is 16.6. The minimum absolute atomic E-state index is 0.312. The maximum Gasteiger partial charge on any atom is 0.373 e. The number of nitrogens with one attached hydrogen (secondary N) is 2. The third-order valence-electron chi connectivity index (χ3n) is 5.45. The van der Waals surface area contributed by atoms with Crippen molar-refractivity contribution in [2.75, 3.05) is 26.8 Å². The molecule has 0 radical (unpaired) electrons. The molecule has 0 fully saturated rings. The topological polar surface area (TPSA) is 193 Å². The molecule has 0 saturated heterocycles. The van der Waals surface area contributed by atoms with Crippen LogP contribution in [-0.2, 0) is 57.2 Å². The summed E-state index contributed by atoms with van der Waals surface area (Å²) in [5, 5.41) is 5.25. The number of carbonyl (C=O) groups is 7. The molecule has 5 atom stereocenters. The van der Waals surface area contributed by atoms with Crippen LogP contribution < -0.4 is 10.6 Å². The van der Waals surface area contributed by atoms with Crippen molar-refractivity contribution >= 4 is 41.6 Å². The van der Waals surface area contributed by atoms with Gasteiger partial charge in [0.25, 0.3) is 0 Å². The molecule has 0 aromatic rings. The molecule has 1 rings (SSSR count). The van der Waals surface area contributed by atoms with Crippen molar-refractivity contribution in [2.45, 2.75) is 78.4 Å². The molecule has 40 heavy (non-hydrogen) atoms. The third kappa shape index (κ3) is 10.9. The SMILES string of the molecule is CCCN(CC(=O)N[C@H]1C=C(C(=O)OC)O[C@H]([C@@H](OC(C)=O)[C@@H](COC(C)=O)OC(C)=O)[C@@H]1NC(C)=O)C(C)=O. The van der Waals surface area contributed by atoms with Gasteiger partial charge in [-0.3, -0.25) is 28.8 Å². The van der Waals surface area contributed by atoms with Gasteiger partial charge in [-0.25, -0.2) is 4.79 Å². The van der Waals surface area contributed by atoms with Crippen LogP contribution >= 0.6 is 0 Å². The average molecular weight is 572 g/mol. The molecule has 1 heterocycles. The van der Waals surface area contributed by atoms with Crippen LogP contribution in [0.2, 0.25) is 0 Å². The van der Waals surface area contributed by atoms with E-state index in [-0.39, 0.29) is 12.5 Å². The van der Waals surface area contributed by atoms with Crippen molar-refractivity contribution in [3.8, 4) is 0 Å². The van der Waals surface area contributed by atoms with Crippen LogP contribution in [0.15, 0.2) is 11.8 Å². The number of ether oxygens (including phenoxy) is 5. The second-order valence-electron chi connectivity index (χ2n) is 8.89. The molecule has 0 aromatic carbocycles. The predicted octanol–water partition coefficient (Wildman–Crippen LogP) is -0.883. The van der Waals surface area contributed by atoms with E-state index in [2.05, 4.69) is 10.6 Å². The predicted molar refractivity (Wildman–Crippen MR) is 135 cm³/mol. The maximum atomic E-state index is 13.0. The first-order valence-electron chi connectivity index (χ1n) is 12.5. The second kappa shape index (κ2) is 16.1. The zero-order chi connectivity index (χ0) is 30.6. The first-order chi connectivity index (χ1) is 18.7. The van der Waals surface area contributed by atoms with Crippen molar-refractivity contribution in [2.24, 2.45) is 0 Å². The van der Waals surface area contributed by atoms with Crippen molar-refractivity contribution < 1.29 is 57.2 Å². The van der Waals surface area contributed by atoms with E-state index in [9.17, 15) is 33.6 Å². The summed E-state index contributed by atoms with van der Waals surface area (Å²) < 4.78 is 26.2. The molecule has 0 spiro atoms. The molecule has 0 aliphatic carbocycles. The first-order valence-corrected chi connectivity index (χ1v) is 12.5. The van der Waals surface area contributed by atoms with Gasteiger partial charge in [-0.15, -0.1) is 0 Å². The second-order valence-corrected chi connectivity index (χ2v) is 8.89. The molecule has 224 valence electrons. The highest BCUT2D eigenvalue weighted by molar-refractivity contribution is 5.88. The van der Waals surface area contributed by atoms with E-state index in [1.807, 2.05) is 6.92 Å². The molecular weight excluding hydrogens is 534 g/mol. The lowest BCUT2D eigenvalue weighted by molar-refractivity contribution is -0.188. The van der Waals surface area contributed by atoms with Gasteiger partial charge in [0, 0.05) is 41.2 Å². The number of carbonyl (C=O) groups excluding carboxylic acids is 7. The third-order valence-corrected chi connectivity index (χ3v) is 5.45. The summed E-state index contributed by atoms with van der Waals surface area (Å²) in [5.41, 5.74) is 0. The Bertz CT molecular complexity index is 1010. The highest BCUT2D eigenvalue weighted by Gasteiger charge is 2.48. The molecule has 0 bridgehead atoms. The van der Waals surface area contributed by atoms with Gasteiger partial charge in [0.1, 0.15) is 6.61 Å². The number of nitrogens with zero attached hydrogens (tertiary/aromatic N) is 1. The summed E-state index contributed by atoms with van der Waals surface area (Å²) in [5.74, 6) is -5.35. The molecule has 0 saturated carbocycles. The normalized spacial score (nSPS) is 19.4. The quantitative estimate of drug-likeness (QED) is 0.205. The summed E-state index contributed by atoms with van der Waals surface area (Å²) >= 11 is 0. The Hall–Kier alpha value is -4.17. The van der Waals surface area contributed by atoms with Gasteiger partial charge >= 0.3 is 23.9 Å². The van der Waals surface area contributed by atoms with E-state index in [4.69, 9.17) is 23.7 Å². The number of rotatable bonds is 13. The summed E-state index contributed by atoms with van der Waals surface area (Å²) in [6.45, 7) is 6.97. The molecule has 2 N–H and O–H groups in total. The van der Waals surface area contributed by atoms with Crippen LogP contribution in [0.3, 0.4) is 0 Å². The summed E-state index contributed by atoms with van der Waals surface area (Å²) in [7, 11) is 1.08. The Labute approximate surface area is 231 Å². The van der Waals surface area contributed by atoms with E-state index in [0.29, 0.717) is 13.0 Å². The lowest BCUT2D eigenvalue weighted by Gasteiger charge is -2.42. The standard InChI is InChI=1S/C25H37N3O12/c1-8-9-28(14(3)30)11-21(34)27-18-10-19(25(35)36-7)40-24(22(18)26-13(2)29)23(39-17(6)33)20(38-16(5)32)12-37-15(4)31/h10,18,20,22-24H,8-9,11-12H2,1-7H3,(H,26,29)(H,27,34)/t18-,20+,22+,23-,24-/m0/s1. The van der Waals surface area contributed by atoms with E-state index >= 15 is 0 Å². The van der Waals surface area contributed by atoms with Crippen LogP contribution in [0.1, 0.15) is 48.0 Å². The first kappa shape index (κ1) is 33.9. The maximum absolute atomic E-state index is 13.0. The number of amides is 3. The fourth-order valence-electron chi connectivity index (χ4n) is 3.93. The minimum Gasteiger partial charge on any atom is -0.477 e. The lowest BCUT2D eigenvalue weighted by Crippen LogP contribution is -2.65. The van der Waals surface area contributed by atoms with Crippen LogP contribution in [0, 0.1) is 0 Å². The highest BCUT2D eigenvalue weighted by Crippen LogP contribution is 2.27. The molecule has 0 unspecified atom stereocenters. The van der Waals surface area contributed by atoms with Gasteiger partial charge < -0.3 is 39.2 Å². The summed E-state index contributed by atoms with van der Waals surface area (Å²) in [6, 6.07) is -2.38. The Balaban J connectivity index is 3.61. The van der Waals surface area contributed by atoms with E-state index in [0.717, 1.165) is 27.9 Å². The number of methoxy groups -OCH3 is 1. The van der Waals surface area contributed by atoms with Gasteiger partial charge in [0.2, 0.25) is 23.5 Å². The Morgan fingerprint density at radius 2 is 1.57 bits per heavy atom. The van der Waals surface area contributed by atoms with Crippen molar-refractivity contribution in [3.63, 3.8) is 0 Å².